The highest BCUT2D eigenvalue weighted by Crippen LogP contribution is 2.31. The Bertz CT molecular complexity index is 546. The highest BCUT2D eigenvalue weighted by molar-refractivity contribution is 7.12. The van der Waals surface area contributed by atoms with Crippen molar-refractivity contribution in [2.75, 3.05) is 7.05 Å². The zero-order chi connectivity index (χ0) is 14.0. The van der Waals surface area contributed by atoms with Crippen molar-refractivity contribution in [2.24, 2.45) is 0 Å². The number of hydrogen-bond donors (Lipinski definition) is 1. The van der Waals surface area contributed by atoms with Crippen molar-refractivity contribution in [3.8, 4) is 0 Å². The maximum atomic E-state index is 12.5. The van der Waals surface area contributed by atoms with Crippen molar-refractivity contribution < 1.29 is 13.2 Å². The summed E-state index contributed by atoms with van der Waals surface area (Å²) < 4.78 is 37.4. The predicted octanol–water partition coefficient (Wildman–Crippen LogP) is 3.78. The van der Waals surface area contributed by atoms with Crippen molar-refractivity contribution in [3.63, 3.8) is 0 Å². The molecule has 1 atom stereocenters. The summed E-state index contributed by atoms with van der Waals surface area (Å²) in [6.45, 7) is 1.99. The van der Waals surface area contributed by atoms with E-state index in [2.05, 4.69) is 10.3 Å². The predicted molar refractivity (Wildman–Crippen MR) is 69.2 cm³/mol. The monoisotopic (exact) mass is 286 g/mol. The highest BCUT2D eigenvalue weighted by Gasteiger charge is 2.31. The number of alkyl halides is 3. The minimum absolute atomic E-state index is 0.180. The second kappa shape index (κ2) is 5.30. The molecule has 102 valence electrons. The van der Waals surface area contributed by atoms with E-state index in [1.807, 2.05) is 19.1 Å². The van der Waals surface area contributed by atoms with Gasteiger partial charge in [-0.25, -0.2) is 0 Å². The summed E-state index contributed by atoms with van der Waals surface area (Å²) in [5.41, 5.74) is -0.147. The smallest absolute Gasteiger partial charge is 0.307 e. The molecule has 0 radical (unpaired) electrons. The van der Waals surface area contributed by atoms with E-state index in [1.165, 1.54) is 6.07 Å². The van der Waals surface area contributed by atoms with Crippen molar-refractivity contribution in [1.82, 2.24) is 10.3 Å². The number of aryl methyl sites for hydroxylation is 1. The maximum absolute atomic E-state index is 12.5. The molecule has 0 bridgehead atoms. The minimum atomic E-state index is -4.35. The van der Waals surface area contributed by atoms with Crippen LogP contribution in [0.5, 0.6) is 0 Å². The summed E-state index contributed by atoms with van der Waals surface area (Å²) in [5.74, 6) is 0. The number of thiophene rings is 1. The normalized spacial score (nSPS) is 13.5. The van der Waals surface area contributed by atoms with Gasteiger partial charge in [-0.15, -0.1) is 11.3 Å². The number of pyridine rings is 1. The summed E-state index contributed by atoms with van der Waals surface area (Å²) in [6.07, 6.45) is -3.47. The molecule has 2 aromatic rings. The van der Waals surface area contributed by atoms with Crippen LogP contribution in [0.4, 0.5) is 13.2 Å². The number of rotatable bonds is 3. The van der Waals surface area contributed by atoms with Crippen LogP contribution in [0.3, 0.4) is 0 Å². The molecule has 0 aromatic carbocycles. The van der Waals surface area contributed by atoms with E-state index >= 15 is 0 Å². The summed E-state index contributed by atoms with van der Waals surface area (Å²) >= 11 is 1.60. The summed E-state index contributed by atoms with van der Waals surface area (Å²) in [5, 5.41) is 3.07. The highest BCUT2D eigenvalue weighted by atomic mass is 32.1. The van der Waals surface area contributed by atoms with Crippen molar-refractivity contribution in [2.45, 2.75) is 19.1 Å². The SMILES string of the molecule is CNC(c1ccc(C(F)(F)F)cn1)c1ccc(C)s1. The topological polar surface area (TPSA) is 24.9 Å². The Kier molecular flexibility index (Phi) is 3.91. The van der Waals surface area contributed by atoms with Crippen LogP contribution >= 0.6 is 11.3 Å². The third-order valence-electron chi connectivity index (χ3n) is 2.74. The van der Waals surface area contributed by atoms with Crippen LogP contribution in [0, 0.1) is 6.92 Å². The number of halogens is 3. The van der Waals surface area contributed by atoms with Crippen molar-refractivity contribution >= 4 is 11.3 Å². The fraction of sp³-hybridized carbons (Fsp3) is 0.308. The largest absolute Gasteiger partial charge is 0.417 e. The van der Waals surface area contributed by atoms with E-state index in [1.54, 1.807) is 18.4 Å². The molecule has 2 nitrogen and oxygen atoms in total. The van der Waals surface area contributed by atoms with Gasteiger partial charge in [0.25, 0.3) is 0 Å². The summed E-state index contributed by atoms with van der Waals surface area (Å²) in [6, 6.07) is 6.24. The lowest BCUT2D eigenvalue weighted by atomic mass is 10.1. The molecular weight excluding hydrogens is 273 g/mol. The first-order chi connectivity index (χ1) is 8.91. The molecule has 2 rings (SSSR count). The van der Waals surface area contributed by atoms with Gasteiger partial charge in [-0.1, -0.05) is 0 Å². The fourth-order valence-electron chi connectivity index (χ4n) is 1.79. The quantitative estimate of drug-likeness (QED) is 0.929. The average Bonchev–Trinajstić information content (AvgIpc) is 2.76. The Morgan fingerprint density at radius 1 is 1.21 bits per heavy atom. The molecule has 6 heteroatoms. The van der Waals surface area contributed by atoms with Crippen LogP contribution in [-0.4, -0.2) is 12.0 Å². The molecule has 2 heterocycles. The van der Waals surface area contributed by atoms with Gasteiger partial charge in [0, 0.05) is 16.0 Å². The first-order valence-corrected chi connectivity index (χ1v) is 6.50. The van der Waals surface area contributed by atoms with Crippen LogP contribution in [0.15, 0.2) is 30.5 Å². The first kappa shape index (κ1) is 14.0. The van der Waals surface area contributed by atoms with E-state index in [-0.39, 0.29) is 6.04 Å². The molecule has 0 spiro atoms. The molecular formula is C13H13F3N2S. The van der Waals surface area contributed by atoms with Gasteiger partial charge in [0.1, 0.15) is 0 Å². The first-order valence-electron chi connectivity index (χ1n) is 5.68. The van der Waals surface area contributed by atoms with Gasteiger partial charge in [-0.2, -0.15) is 13.2 Å². The lowest BCUT2D eigenvalue weighted by molar-refractivity contribution is -0.137. The Morgan fingerprint density at radius 3 is 2.37 bits per heavy atom. The van der Waals surface area contributed by atoms with E-state index in [4.69, 9.17) is 0 Å². The van der Waals surface area contributed by atoms with E-state index in [9.17, 15) is 13.2 Å². The maximum Gasteiger partial charge on any atom is 0.417 e. The minimum Gasteiger partial charge on any atom is -0.307 e. The van der Waals surface area contributed by atoms with Crippen LogP contribution < -0.4 is 5.32 Å². The van der Waals surface area contributed by atoms with E-state index < -0.39 is 11.7 Å². The lowest BCUT2D eigenvalue weighted by Crippen LogP contribution is -2.18. The molecule has 19 heavy (non-hydrogen) atoms. The Labute approximate surface area is 113 Å². The molecule has 1 N–H and O–H groups in total. The number of aromatic nitrogens is 1. The molecule has 0 fully saturated rings. The summed E-state index contributed by atoms with van der Waals surface area (Å²) in [4.78, 5) is 6.12. The zero-order valence-electron chi connectivity index (χ0n) is 10.5. The Balaban J connectivity index is 2.30. The molecule has 2 aromatic heterocycles. The number of nitrogens with one attached hydrogen (secondary N) is 1. The van der Waals surface area contributed by atoms with Gasteiger partial charge in [-0.3, -0.25) is 4.98 Å². The zero-order valence-corrected chi connectivity index (χ0v) is 11.3. The third-order valence-corrected chi connectivity index (χ3v) is 3.81. The van der Waals surface area contributed by atoms with E-state index in [0.717, 1.165) is 22.0 Å². The summed E-state index contributed by atoms with van der Waals surface area (Å²) in [7, 11) is 1.76. The number of hydrogen-bond acceptors (Lipinski definition) is 3. The molecule has 0 aliphatic heterocycles. The van der Waals surface area contributed by atoms with Gasteiger partial charge >= 0.3 is 6.18 Å². The molecule has 0 amide bonds. The van der Waals surface area contributed by atoms with Crippen LogP contribution in [-0.2, 0) is 6.18 Å². The average molecular weight is 286 g/mol. The van der Waals surface area contributed by atoms with Crippen LogP contribution in [0.1, 0.15) is 27.1 Å². The second-order valence-electron chi connectivity index (χ2n) is 4.14. The Morgan fingerprint density at radius 2 is 1.95 bits per heavy atom. The molecule has 0 aliphatic rings. The molecule has 1 unspecified atom stereocenters. The van der Waals surface area contributed by atoms with Crippen molar-refractivity contribution in [1.29, 1.82) is 0 Å². The van der Waals surface area contributed by atoms with Gasteiger partial charge in [0.15, 0.2) is 0 Å². The van der Waals surface area contributed by atoms with Gasteiger partial charge in [0.2, 0.25) is 0 Å². The van der Waals surface area contributed by atoms with Crippen LogP contribution in [0.2, 0.25) is 0 Å². The van der Waals surface area contributed by atoms with Gasteiger partial charge < -0.3 is 5.32 Å². The third kappa shape index (κ3) is 3.13. The number of nitrogens with zero attached hydrogens (tertiary/aromatic N) is 1. The van der Waals surface area contributed by atoms with Gasteiger partial charge in [0.05, 0.1) is 17.3 Å². The molecule has 0 saturated heterocycles. The lowest BCUT2D eigenvalue weighted by Gasteiger charge is -2.15. The second-order valence-corrected chi connectivity index (χ2v) is 5.46. The standard InChI is InChI=1S/C13H13F3N2S/c1-8-3-6-11(19-8)12(17-2)10-5-4-9(7-18-10)13(14,15)16/h3-7,12,17H,1-2H3. The van der Waals surface area contributed by atoms with Crippen LogP contribution in [0.25, 0.3) is 0 Å². The van der Waals surface area contributed by atoms with Crippen molar-refractivity contribution in [3.05, 3.63) is 51.5 Å². The van der Waals surface area contributed by atoms with E-state index in [0.29, 0.717) is 5.69 Å². The Hall–Kier alpha value is -1.40. The fourth-order valence-corrected chi connectivity index (χ4v) is 2.79. The molecule has 0 saturated carbocycles. The van der Waals surface area contributed by atoms with Gasteiger partial charge in [-0.05, 0) is 38.2 Å². The molecule has 0 aliphatic carbocycles.